The summed E-state index contributed by atoms with van der Waals surface area (Å²) < 4.78 is 7.04. The predicted molar refractivity (Wildman–Crippen MR) is 104 cm³/mol. The van der Waals surface area contributed by atoms with Gasteiger partial charge in [0.05, 0.1) is 33.9 Å². The number of hydrogen-bond donors (Lipinski definition) is 0. The van der Waals surface area contributed by atoms with Gasteiger partial charge in [-0.2, -0.15) is 0 Å². The van der Waals surface area contributed by atoms with Crippen molar-refractivity contribution >= 4 is 0 Å². The highest BCUT2D eigenvalue weighted by atomic mass is 16.5. The van der Waals surface area contributed by atoms with Gasteiger partial charge in [0.15, 0.2) is 0 Å². The van der Waals surface area contributed by atoms with Crippen molar-refractivity contribution in [1.82, 2.24) is 0 Å². The summed E-state index contributed by atoms with van der Waals surface area (Å²) >= 11 is 0. The lowest BCUT2D eigenvalue weighted by molar-refractivity contribution is -0.870. The summed E-state index contributed by atoms with van der Waals surface area (Å²) in [4.78, 5) is 0. The molecule has 2 heteroatoms. The summed E-state index contributed by atoms with van der Waals surface area (Å²) in [5, 5.41) is 0. The SMILES string of the molecule is CCCCCCCCCCCCCC(CC)OCC[N+](C)(C)C. The summed E-state index contributed by atoms with van der Waals surface area (Å²) in [5.41, 5.74) is 0. The fourth-order valence-corrected chi connectivity index (χ4v) is 2.93. The van der Waals surface area contributed by atoms with Crippen LogP contribution in [0.2, 0.25) is 0 Å². The number of nitrogens with zero attached hydrogens (tertiary/aromatic N) is 1. The van der Waals surface area contributed by atoms with E-state index in [0.29, 0.717) is 6.10 Å². The van der Waals surface area contributed by atoms with Crippen LogP contribution in [0, 0.1) is 0 Å². The number of rotatable bonds is 17. The van der Waals surface area contributed by atoms with E-state index in [0.717, 1.165) is 24.1 Å². The van der Waals surface area contributed by atoms with Crippen molar-refractivity contribution in [2.75, 3.05) is 34.3 Å². The topological polar surface area (TPSA) is 9.23 Å². The molecule has 0 N–H and O–H groups in total. The van der Waals surface area contributed by atoms with E-state index in [1.54, 1.807) is 0 Å². The van der Waals surface area contributed by atoms with E-state index in [4.69, 9.17) is 4.74 Å². The first-order valence-corrected chi connectivity index (χ1v) is 10.4. The molecule has 0 aromatic heterocycles. The van der Waals surface area contributed by atoms with Crippen molar-refractivity contribution in [2.45, 2.75) is 103 Å². The molecule has 0 bridgehead atoms. The van der Waals surface area contributed by atoms with Gasteiger partial charge in [0.1, 0.15) is 6.54 Å². The van der Waals surface area contributed by atoms with Gasteiger partial charge in [0, 0.05) is 0 Å². The molecule has 0 rings (SSSR count). The predicted octanol–water partition coefficient (Wildman–Crippen LogP) is 6.19. The van der Waals surface area contributed by atoms with Crippen molar-refractivity contribution in [3.8, 4) is 0 Å². The third-order valence-corrected chi connectivity index (χ3v) is 4.70. The van der Waals surface area contributed by atoms with E-state index < -0.39 is 0 Å². The number of quaternary nitrogens is 1. The molecule has 0 aliphatic rings. The summed E-state index contributed by atoms with van der Waals surface area (Å²) in [5.74, 6) is 0. The van der Waals surface area contributed by atoms with Crippen molar-refractivity contribution in [3.63, 3.8) is 0 Å². The fraction of sp³-hybridized carbons (Fsp3) is 1.00. The van der Waals surface area contributed by atoms with Crippen LogP contribution in [0.5, 0.6) is 0 Å². The summed E-state index contributed by atoms with van der Waals surface area (Å²) in [6.45, 7) is 6.56. The molecule has 0 aliphatic heterocycles. The maximum atomic E-state index is 6.04. The number of hydrogen-bond acceptors (Lipinski definition) is 1. The van der Waals surface area contributed by atoms with Crippen molar-refractivity contribution < 1.29 is 9.22 Å². The average Bonchev–Trinajstić information content (AvgIpc) is 2.49. The molecule has 0 spiro atoms. The van der Waals surface area contributed by atoms with Gasteiger partial charge in [-0.05, 0) is 12.8 Å². The Labute approximate surface area is 147 Å². The van der Waals surface area contributed by atoms with E-state index in [9.17, 15) is 0 Å². The van der Waals surface area contributed by atoms with Gasteiger partial charge in [-0.1, -0.05) is 84.5 Å². The Morgan fingerprint density at radius 2 is 1.17 bits per heavy atom. The van der Waals surface area contributed by atoms with Crippen LogP contribution in [0.3, 0.4) is 0 Å². The third kappa shape index (κ3) is 18.1. The van der Waals surface area contributed by atoms with E-state index in [2.05, 4.69) is 35.0 Å². The number of unbranched alkanes of at least 4 members (excludes halogenated alkanes) is 10. The van der Waals surface area contributed by atoms with E-state index >= 15 is 0 Å². The molecule has 1 unspecified atom stereocenters. The monoisotopic (exact) mass is 328 g/mol. The zero-order valence-corrected chi connectivity index (χ0v) is 17.0. The Hall–Kier alpha value is -0.0800. The summed E-state index contributed by atoms with van der Waals surface area (Å²) in [6, 6.07) is 0. The molecule has 0 saturated heterocycles. The van der Waals surface area contributed by atoms with Crippen molar-refractivity contribution in [1.29, 1.82) is 0 Å². The molecule has 0 fully saturated rings. The van der Waals surface area contributed by atoms with Gasteiger partial charge >= 0.3 is 0 Å². The lowest BCUT2D eigenvalue weighted by atomic mass is 10.0. The molecular formula is C21H46NO+. The Morgan fingerprint density at radius 1 is 0.696 bits per heavy atom. The molecule has 0 aliphatic carbocycles. The van der Waals surface area contributed by atoms with Crippen molar-refractivity contribution in [3.05, 3.63) is 0 Å². The third-order valence-electron chi connectivity index (χ3n) is 4.70. The van der Waals surface area contributed by atoms with E-state index in [1.807, 2.05) is 0 Å². The highest BCUT2D eigenvalue weighted by molar-refractivity contribution is 4.57. The van der Waals surface area contributed by atoms with Crippen LogP contribution in [-0.2, 0) is 4.74 Å². The van der Waals surface area contributed by atoms with Gasteiger partial charge in [-0.15, -0.1) is 0 Å². The molecule has 0 aromatic rings. The molecule has 0 heterocycles. The normalized spacial score (nSPS) is 13.4. The Morgan fingerprint density at radius 3 is 1.61 bits per heavy atom. The molecule has 140 valence electrons. The van der Waals surface area contributed by atoms with E-state index in [-0.39, 0.29) is 0 Å². The molecule has 23 heavy (non-hydrogen) atoms. The summed E-state index contributed by atoms with van der Waals surface area (Å²) in [6.07, 6.45) is 18.5. The minimum absolute atomic E-state index is 0.486. The van der Waals surface area contributed by atoms with Gasteiger partial charge in [0.25, 0.3) is 0 Å². The number of ether oxygens (including phenoxy) is 1. The first-order chi connectivity index (χ1) is 11.0. The molecule has 0 amide bonds. The van der Waals surface area contributed by atoms with Gasteiger partial charge in [-0.3, -0.25) is 0 Å². The van der Waals surface area contributed by atoms with Crippen molar-refractivity contribution in [2.24, 2.45) is 0 Å². The van der Waals surface area contributed by atoms with Crippen LogP contribution in [0.1, 0.15) is 97.3 Å². The summed E-state index contributed by atoms with van der Waals surface area (Å²) in [7, 11) is 6.69. The molecule has 0 saturated carbocycles. The Balaban J connectivity index is 3.34. The van der Waals surface area contributed by atoms with Crippen LogP contribution in [0.25, 0.3) is 0 Å². The largest absolute Gasteiger partial charge is 0.372 e. The quantitative estimate of drug-likeness (QED) is 0.228. The highest BCUT2D eigenvalue weighted by Gasteiger charge is 2.10. The zero-order chi connectivity index (χ0) is 17.4. The van der Waals surface area contributed by atoms with E-state index in [1.165, 1.54) is 77.0 Å². The molecule has 2 nitrogen and oxygen atoms in total. The van der Waals surface area contributed by atoms with Crippen LogP contribution < -0.4 is 0 Å². The molecule has 0 radical (unpaired) electrons. The van der Waals surface area contributed by atoms with Crippen LogP contribution >= 0.6 is 0 Å². The van der Waals surface area contributed by atoms with Gasteiger partial charge in [-0.25, -0.2) is 0 Å². The Bertz CT molecular complexity index is 234. The van der Waals surface area contributed by atoms with Gasteiger partial charge < -0.3 is 9.22 Å². The second-order valence-corrected chi connectivity index (χ2v) is 8.24. The Kier molecular flexibility index (Phi) is 15.4. The smallest absolute Gasteiger partial charge is 0.102 e. The highest BCUT2D eigenvalue weighted by Crippen LogP contribution is 2.14. The average molecular weight is 329 g/mol. The molecule has 1 atom stereocenters. The van der Waals surface area contributed by atoms with Crippen LogP contribution in [-0.4, -0.2) is 44.9 Å². The lowest BCUT2D eigenvalue weighted by Crippen LogP contribution is -2.38. The maximum absolute atomic E-state index is 6.04. The first-order valence-electron chi connectivity index (χ1n) is 10.4. The fourth-order valence-electron chi connectivity index (χ4n) is 2.93. The standard InChI is InChI=1S/C21H46NO/c1-6-8-9-10-11-12-13-14-15-16-17-18-21(7-2)23-20-19-22(3,4)5/h21H,6-20H2,1-5H3/q+1. The lowest BCUT2D eigenvalue weighted by Gasteiger charge is -2.25. The second-order valence-electron chi connectivity index (χ2n) is 8.24. The maximum Gasteiger partial charge on any atom is 0.102 e. The molecular weight excluding hydrogens is 282 g/mol. The minimum atomic E-state index is 0.486. The van der Waals surface area contributed by atoms with Crippen LogP contribution in [0.15, 0.2) is 0 Å². The second kappa shape index (κ2) is 15.4. The molecule has 0 aromatic carbocycles. The van der Waals surface area contributed by atoms with Gasteiger partial charge in [0.2, 0.25) is 0 Å². The zero-order valence-electron chi connectivity index (χ0n) is 17.0. The minimum Gasteiger partial charge on any atom is -0.372 e. The first kappa shape index (κ1) is 22.9. The van der Waals surface area contributed by atoms with Crippen LogP contribution in [0.4, 0.5) is 0 Å². The number of likely N-dealkylation sites (N-methyl/N-ethyl adjacent to an activating group) is 1.